The molecule has 2 rings (SSSR count). The van der Waals surface area contributed by atoms with Gasteiger partial charge in [-0.1, -0.05) is 45.0 Å². The lowest BCUT2D eigenvalue weighted by atomic mass is 9.86. The zero-order valence-corrected chi connectivity index (χ0v) is 10.5. The highest BCUT2D eigenvalue weighted by atomic mass is 32.1. The zero-order valence-electron chi connectivity index (χ0n) is 9.69. The normalized spacial score (nSPS) is 19.9. The van der Waals surface area contributed by atoms with Crippen LogP contribution in [-0.4, -0.2) is 5.11 Å². The fourth-order valence-corrected chi connectivity index (χ4v) is 1.76. The van der Waals surface area contributed by atoms with Crippen LogP contribution >= 0.6 is 12.2 Å². The van der Waals surface area contributed by atoms with E-state index in [0.717, 1.165) is 5.56 Å². The molecule has 0 spiro atoms. The number of nitrogens with zero attached hydrogens (tertiary/aromatic N) is 2. The Hall–Kier alpha value is -1.29. The lowest BCUT2D eigenvalue weighted by Crippen LogP contribution is -2.18. The molecule has 0 aliphatic carbocycles. The average Bonchev–Trinajstić information content (AvgIpc) is 2.64. The Morgan fingerprint density at radius 2 is 1.81 bits per heavy atom. The van der Waals surface area contributed by atoms with E-state index >= 15 is 0 Å². The molecule has 0 amide bonds. The van der Waals surface area contributed by atoms with E-state index in [0.29, 0.717) is 5.11 Å². The Kier molecular flexibility index (Phi) is 2.76. The van der Waals surface area contributed by atoms with Crippen molar-refractivity contribution in [3.05, 3.63) is 35.4 Å². The van der Waals surface area contributed by atoms with E-state index in [9.17, 15) is 0 Å². The third kappa shape index (κ3) is 2.27. The van der Waals surface area contributed by atoms with Gasteiger partial charge < -0.3 is 5.32 Å². The second-order valence-corrected chi connectivity index (χ2v) is 5.33. The fraction of sp³-hybridized carbons (Fsp3) is 0.417. The summed E-state index contributed by atoms with van der Waals surface area (Å²) < 4.78 is 0. The van der Waals surface area contributed by atoms with Gasteiger partial charge in [0.15, 0.2) is 6.17 Å². The molecule has 1 N–H and O–H groups in total. The van der Waals surface area contributed by atoms with Crippen molar-refractivity contribution in [1.82, 2.24) is 5.32 Å². The van der Waals surface area contributed by atoms with E-state index in [2.05, 4.69) is 60.6 Å². The minimum atomic E-state index is -0.110. The number of thiocarbonyl (C=S) groups is 1. The van der Waals surface area contributed by atoms with Crippen molar-refractivity contribution >= 4 is 17.3 Å². The van der Waals surface area contributed by atoms with Gasteiger partial charge in [-0.15, -0.1) is 5.11 Å². The molecule has 3 nitrogen and oxygen atoms in total. The topological polar surface area (TPSA) is 36.8 Å². The van der Waals surface area contributed by atoms with Crippen molar-refractivity contribution in [3.8, 4) is 0 Å². The van der Waals surface area contributed by atoms with Gasteiger partial charge in [-0.2, -0.15) is 5.11 Å². The van der Waals surface area contributed by atoms with Crippen molar-refractivity contribution in [3.63, 3.8) is 0 Å². The maximum atomic E-state index is 4.91. The van der Waals surface area contributed by atoms with Gasteiger partial charge in [0.05, 0.1) is 0 Å². The molecule has 1 aromatic rings. The second kappa shape index (κ2) is 3.94. The van der Waals surface area contributed by atoms with Gasteiger partial charge in [0.2, 0.25) is 5.11 Å². The van der Waals surface area contributed by atoms with Crippen LogP contribution in [0.3, 0.4) is 0 Å². The molecule has 0 bridgehead atoms. The van der Waals surface area contributed by atoms with Crippen molar-refractivity contribution < 1.29 is 0 Å². The Morgan fingerprint density at radius 3 is 2.25 bits per heavy atom. The highest BCUT2D eigenvalue weighted by molar-refractivity contribution is 7.80. The van der Waals surface area contributed by atoms with Crippen LogP contribution in [0.5, 0.6) is 0 Å². The maximum Gasteiger partial charge on any atom is 0.215 e. The fourth-order valence-electron chi connectivity index (χ4n) is 1.60. The molecule has 0 fully saturated rings. The molecular formula is C12H15N3S. The van der Waals surface area contributed by atoms with E-state index < -0.39 is 0 Å². The number of benzene rings is 1. The van der Waals surface area contributed by atoms with Crippen molar-refractivity contribution in [2.45, 2.75) is 32.4 Å². The molecule has 0 aromatic heterocycles. The third-order valence-corrected chi connectivity index (χ3v) is 2.82. The summed E-state index contributed by atoms with van der Waals surface area (Å²) in [4.78, 5) is 0. The van der Waals surface area contributed by atoms with E-state index in [-0.39, 0.29) is 11.6 Å². The van der Waals surface area contributed by atoms with Crippen molar-refractivity contribution in [2.24, 2.45) is 10.2 Å². The van der Waals surface area contributed by atoms with Crippen LogP contribution in [0.25, 0.3) is 0 Å². The molecule has 0 saturated carbocycles. The zero-order chi connectivity index (χ0) is 11.8. The predicted molar refractivity (Wildman–Crippen MR) is 68.5 cm³/mol. The SMILES string of the molecule is CC(C)(C)c1ccc(C2N=NC(=S)N2)cc1. The highest BCUT2D eigenvalue weighted by Crippen LogP contribution is 2.25. The summed E-state index contributed by atoms with van der Waals surface area (Å²) in [6, 6.07) is 8.41. The van der Waals surface area contributed by atoms with Crippen LogP contribution in [0.4, 0.5) is 0 Å². The summed E-state index contributed by atoms with van der Waals surface area (Å²) in [5.74, 6) is 0. The van der Waals surface area contributed by atoms with Crippen LogP contribution in [0.1, 0.15) is 38.1 Å². The van der Waals surface area contributed by atoms with Crippen molar-refractivity contribution in [2.75, 3.05) is 0 Å². The first-order valence-corrected chi connectivity index (χ1v) is 5.69. The molecule has 1 unspecified atom stereocenters. The maximum absolute atomic E-state index is 4.91. The van der Waals surface area contributed by atoms with Gasteiger partial charge in [0.1, 0.15) is 0 Å². The quantitative estimate of drug-likeness (QED) is 0.755. The molecule has 84 valence electrons. The number of nitrogens with one attached hydrogen (secondary N) is 1. The number of hydrogen-bond acceptors (Lipinski definition) is 2. The predicted octanol–water partition coefficient (Wildman–Crippen LogP) is 3.32. The molecule has 0 radical (unpaired) electrons. The van der Waals surface area contributed by atoms with Gasteiger partial charge in [-0.05, 0) is 28.8 Å². The van der Waals surface area contributed by atoms with Crippen LogP contribution in [-0.2, 0) is 5.41 Å². The first-order valence-electron chi connectivity index (χ1n) is 5.28. The molecule has 1 aromatic carbocycles. The average molecular weight is 233 g/mol. The molecule has 1 heterocycles. The summed E-state index contributed by atoms with van der Waals surface area (Å²) in [6.07, 6.45) is -0.110. The molecule has 1 aliphatic heterocycles. The van der Waals surface area contributed by atoms with Crippen molar-refractivity contribution in [1.29, 1.82) is 0 Å². The van der Waals surface area contributed by atoms with Gasteiger partial charge in [0, 0.05) is 0 Å². The first-order chi connectivity index (χ1) is 7.47. The standard InChI is InChI=1S/C12H15N3S/c1-12(2,3)9-6-4-8(5-7-9)10-13-11(16)15-14-10/h4-7,10H,1-3H3,(H,13,16). The summed E-state index contributed by atoms with van der Waals surface area (Å²) in [6.45, 7) is 6.60. The number of hydrogen-bond donors (Lipinski definition) is 1. The Balaban J connectivity index is 2.20. The summed E-state index contributed by atoms with van der Waals surface area (Å²) in [7, 11) is 0. The van der Waals surface area contributed by atoms with Gasteiger partial charge in [0.25, 0.3) is 0 Å². The van der Waals surface area contributed by atoms with Gasteiger partial charge in [-0.25, -0.2) is 0 Å². The summed E-state index contributed by atoms with van der Waals surface area (Å²) in [5.41, 5.74) is 2.59. The molecule has 0 saturated heterocycles. The lowest BCUT2D eigenvalue weighted by molar-refractivity contribution is 0.589. The van der Waals surface area contributed by atoms with E-state index in [1.54, 1.807) is 0 Å². The van der Waals surface area contributed by atoms with Crippen LogP contribution in [0.15, 0.2) is 34.5 Å². The highest BCUT2D eigenvalue weighted by Gasteiger charge is 2.18. The van der Waals surface area contributed by atoms with E-state index in [1.165, 1.54) is 5.56 Å². The largest absolute Gasteiger partial charge is 0.333 e. The first kappa shape index (κ1) is 11.2. The van der Waals surface area contributed by atoms with E-state index in [4.69, 9.17) is 12.2 Å². The molecule has 1 atom stereocenters. The van der Waals surface area contributed by atoms with Crippen LogP contribution in [0, 0.1) is 0 Å². The Morgan fingerprint density at radius 1 is 1.19 bits per heavy atom. The van der Waals surface area contributed by atoms with Crippen LogP contribution < -0.4 is 5.32 Å². The monoisotopic (exact) mass is 233 g/mol. The summed E-state index contributed by atoms with van der Waals surface area (Å²) >= 11 is 4.91. The minimum absolute atomic E-state index is 0.110. The number of rotatable bonds is 1. The smallest absolute Gasteiger partial charge is 0.215 e. The Labute approximate surface area is 101 Å². The third-order valence-electron chi connectivity index (χ3n) is 2.62. The second-order valence-electron chi connectivity index (χ2n) is 4.94. The Bertz CT molecular complexity index is 429. The minimum Gasteiger partial charge on any atom is -0.333 e. The molecule has 4 heteroatoms. The summed E-state index contributed by atoms with van der Waals surface area (Å²) in [5, 5.41) is 11.4. The van der Waals surface area contributed by atoms with E-state index in [1.807, 2.05) is 0 Å². The van der Waals surface area contributed by atoms with Gasteiger partial charge >= 0.3 is 0 Å². The van der Waals surface area contributed by atoms with Gasteiger partial charge in [-0.3, -0.25) is 0 Å². The number of azo groups is 1. The molecule has 16 heavy (non-hydrogen) atoms. The lowest BCUT2D eigenvalue weighted by Gasteiger charge is -2.19. The van der Waals surface area contributed by atoms with Crippen LogP contribution in [0.2, 0.25) is 0 Å². The molecule has 1 aliphatic rings. The molecular weight excluding hydrogens is 218 g/mol.